The zero-order chi connectivity index (χ0) is 14.3. The van der Waals surface area contributed by atoms with Crippen LogP contribution in [-0.4, -0.2) is 38.2 Å². The number of hydrogen-bond acceptors (Lipinski definition) is 3. The molecule has 0 bridgehead atoms. The average molecular weight is 262 g/mol. The molecule has 19 heavy (non-hydrogen) atoms. The van der Waals surface area contributed by atoms with E-state index in [2.05, 4.69) is 49.8 Å². The van der Waals surface area contributed by atoms with E-state index in [1.807, 2.05) is 12.1 Å². The average Bonchev–Trinajstić information content (AvgIpc) is 2.36. The molecule has 0 aliphatic rings. The highest BCUT2D eigenvalue weighted by atomic mass is 16.5. The standard InChI is InChI=1S/C16H26N2O/c1-13(2)17-10-14(3)11-18(4)12-15-7-6-8-16(9-15)19-5/h6-9,13,17H,3,10-12H2,1-2,4-5H3. The van der Waals surface area contributed by atoms with E-state index in [-0.39, 0.29) is 0 Å². The monoisotopic (exact) mass is 262 g/mol. The first-order valence-electron chi connectivity index (χ1n) is 6.72. The SMILES string of the molecule is C=C(CNC(C)C)CN(C)Cc1cccc(OC)c1. The number of ether oxygens (including phenoxy) is 1. The van der Waals surface area contributed by atoms with Gasteiger partial charge in [0, 0.05) is 25.7 Å². The number of rotatable bonds is 8. The van der Waals surface area contributed by atoms with Gasteiger partial charge in [0.1, 0.15) is 5.75 Å². The molecule has 0 saturated carbocycles. The van der Waals surface area contributed by atoms with E-state index < -0.39 is 0 Å². The summed E-state index contributed by atoms with van der Waals surface area (Å²) in [5.41, 5.74) is 2.46. The van der Waals surface area contributed by atoms with Gasteiger partial charge in [0.2, 0.25) is 0 Å². The highest BCUT2D eigenvalue weighted by Crippen LogP contribution is 2.14. The zero-order valence-electron chi connectivity index (χ0n) is 12.6. The topological polar surface area (TPSA) is 24.5 Å². The largest absolute Gasteiger partial charge is 0.497 e. The number of methoxy groups -OCH3 is 1. The molecule has 0 atom stereocenters. The molecular weight excluding hydrogens is 236 g/mol. The Morgan fingerprint density at radius 2 is 2.16 bits per heavy atom. The number of benzene rings is 1. The van der Waals surface area contributed by atoms with E-state index >= 15 is 0 Å². The smallest absolute Gasteiger partial charge is 0.119 e. The maximum absolute atomic E-state index is 5.24. The highest BCUT2D eigenvalue weighted by molar-refractivity contribution is 5.28. The van der Waals surface area contributed by atoms with E-state index in [9.17, 15) is 0 Å². The Morgan fingerprint density at radius 3 is 2.79 bits per heavy atom. The Hall–Kier alpha value is -1.32. The van der Waals surface area contributed by atoms with Crippen molar-refractivity contribution >= 4 is 0 Å². The Labute approximate surface area is 117 Å². The van der Waals surface area contributed by atoms with Gasteiger partial charge in [-0.2, -0.15) is 0 Å². The normalized spacial score (nSPS) is 11.1. The molecular formula is C16H26N2O. The summed E-state index contributed by atoms with van der Waals surface area (Å²) in [7, 11) is 3.81. The predicted octanol–water partition coefficient (Wildman–Crippen LogP) is 2.68. The minimum absolute atomic E-state index is 0.500. The van der Waals surface area contributed by atoms with Gasteiger partial charge in [0.05, 0.1) is 7.11 Å². The second-order valence-corrected chi connectivity index (χ2v) is 5.31. The van der Waals surface area contributed by atoms with E-state index in [1.165, 1.54) is 11.1 Å². The van der Waals surface area contributed by atoms with Crippen LogP contribution in [0, 0.1) is 0 Å². The third kappa shape index (κ3) is 6.41. The summed E-state index contributed by atoms with van der Waals surface area (Å²) in [6, 6.07) is 8.69. The van der Waals surface area contributed by atoms with Crippen LogP contribution in [-0.2, 0) is 6.54 Å². The van der Waals surface area contributed by atoms with Gasteiger partial charge in [-0.3, -0.25) is 4.90 Å². The Kier molecular flexibility index (Phi) is 6.60. The fraction of sp³-hybridized carbons (Fsp3) is 0.500. The third-order valence-corrected chi connectivity index (χ3v) is 2.84. The lowest BCUT2D eigenvalue weighted by molar-refractivity contribution is 0.349. The van der Waals surface area contributed by atoms with E-state index in [0.29, 0.717) is 6.04 Å². The van der Waals surface area contributed by atoms with Crippen LogP contribution >= 0.6 is 0 Å². The maximum atomic E-state index is 5.24. The summed E-state index contributed by atoms with van der Waals surface area (Å²) in [5.74, 6) is 0.909. The van der Waals surface area contributed by atoms with Crippen molar-refractivity contribution in [3.8, 4) is 5.75 Å². The molecule has 0 unspecified atom stereocenters. The van der Waals surface area contributed by atoms with Crippen molar-refractivity contribution in [3.05, 3.63) is 42.0 Å². The van der Waals surface area contributed by atoms with E-state index in [1.54, 1.807) is 7.11 Å². The number of hydrogen-bond donors (Lipinski definition) is 1. The molecule has 0 saturated heterocycles. The molecule has 0 spiro atoms. The number of likely N-dealkylation sites (N-methyl/N-ethyl adjacent to an activating group) is 1. The molecule has 1 aromatic carbocycles. The van der Waals surface area contributed by atoms with Crippen LogP contribution in [0.25, 0.3) is 0 Å². The van der Waals surface area contributed by atoms with Crippen LogP contribution in [0.15, 0.2) is 36.4 Å². The third-order valence-electron chi connectivity index (χ3n) is 2.84. The lowest BCUT2D eigenvalue weighted by Crippen LogP contribution is -2.29. The van der Waals surface area contributed by atoms with Gasteiger partial charge in [-0.1, -0.05) is 32.6 Å². The first-order chi connectivity index (χ1) is 9.01. The molecule has 3 heteroatoms. The molecule has 0 amide bonds. The van der Waals surface area contributed by atoms with Crippen LogP contribution in [0.5, 0.6) is 5.75 Å². The van der Waals surface area contributed by atoms with Gasteiger partial charge in [0.15, 0.2) is 0 Å². The lowest BCUT2D eigenvalue weighted by atomic mass is 10.2. The van der Waals surface area contributed by atoms with E-state index in [0.717, 1.165) is 25.4 Å². The second-order valence-electron chi connectivity index (χ2n) is 5.31. The van der Waals surface area contributed by atoms with Gasteiger partial charge in [-0.25, -0.2) is 0 Å². The second kappa shape index (κ2) is 7.97. The summed E-state index contributed by atoms with van der Waals surface area (Å²) in [4.78, 5) is 2.26. The van der Waals surface area contributed by atoms with Crippen molar-refractivity contribution in [2.75, 3.05) is 27.2 Å². The maximum Gasteiger partial charge on any atom is 0.119 e. The van der Waals surface area contributed by atoms with Crippen molar-refractivity contribution in [2.24, 2.45) is 0 Å². The Balaban J connectivity index is 2.41. The molecule has 106 valence electrons. The van der Waals surface area contributed by atoms with Crippen molar-refractivity contribution < 1.29 is 4.74 Å². The Morgan fingerprint density at radius 1 is 1.42 bits per heavy atom. The minimum atomic E-state index is 0.500. The summed E-state index contributed by atoms with van der Waals surface area (Å²) in [5, 5.41) is 3.39. The van der Waals surface area contributed by atoms with Gasteiger partial charge in [-0.05, 0) is 30.3 Å². The quantitative estimate of drug-likeness (QED) is 0.729. The van der Waals surface area contributed by atoms with E-state index in [4.69, 9.17) is 4.74 Å². The van der Waals surface area contributed by atoms with Gasteiger partial charge in [0.25, 0.3) is 0 Å². The lowest BCUT2D eigenvalue weighted by Gasteiger charge is -2.19. The molecule has 1 N–H and O–H groups in total. The first-order valence-corrected chi connectivity index (χ1v) is 6.72. The molecule has 0 radical (unpaired) electrons. The summed E-state index contributed by atoms with van der Waals surface area (Å²) in [6.45, 7) is 11.1. The fourth-order valence-corrected chi connectivity index (χ4v) is 1.92. The molecule has 0 aliphatic heterocycles. The number of nitrogens with zero attached hydrogens (tertiary/aromatic N) is 1. The molecule has 0 aliphatic carbocycles. The summed E-state index contributed by atoms with van der Waals surface area (Å²) < 4.78 is 5.24. The molecule has 1 aromatic rings. The van der Waals surface area contributed by atoms with Crippen molar-refractivity contribution in [2.45, 2.75) is 26.4 Å². The van der Waals surface area contributed by atoms with Crippen LogP contribution in [0.4, 0.5) is 0 Å². The molecule has 0 fully saturated rings. The highest BCUT2D eigenvalue weighted by Gasteiger charge is 2.04. The molecule has 1 rings (SSSR count). The Bertz CT molecular complexity index is 401. The molecule has 0 aromatic heterocycles. The predicted molar refractivity (Wildman–Crippen MR) is 81.6 cm³/mol. The molecule has 0 heterocycles. The fourth-order valence-electron chi connectivity index (χ4n) is 1.92. The molecule has 3 nitrogen and oxygen atoms in total. The number of nitrogens with one attached hydrogen (secondary N) is 1. The van der Waals surface area contributed by atoms with Crippen molar-refractivity contribution in [1.29, 1.82) is 0 Å². The first kappa shape index (κ1) is 15.7. The van der Waals surface area contributed by atoms with Crippen LogP contribution in [0.2, 0.25) is 0 Å². The zero-order valence-corrected chi connectivity index (χ0v) is 12.6. The van der Waals surface area contributed by atoms with Gasteiger partial charge in [-0.15, -0.1) is 0 Å². The van der Waals surface area contributed by atoms with Gasteiger partial charge < -0.3 is 10.1 Å². The van der Waals surface area contributed by atoms with Gasteiger partial charge >= 0.3 is 0 Å². The minimum Gasteiger partial charge on any atom is -0.497 e. The van der Waals surface area contributed by atoms with Crippen LogP contribution < -0.4 is 10.1 Å². The summed E-state index contributed by atoms with van der Waals surface area (Å²) in [6.07, 6.45) is 0. The van der Waals surface area contributed by atoms with Crippen LogP contribution in [0.1, 0.15) is 19.4 Å². The van der Waals surface area contributed by atoms with Crippen LogP contribution in [0.3, 0.4) is 0 Å². The van der Waals surface area contributed by atoms with Crippen molar-refractivity contribution in [1.82, 2.24) is 10.2 Å². The van der Waals surface area contributed by atoms with Crippen molar-refractivity contribution in [3.63, 3.8) is 0 Å². The summed E-state index contributed by atoms with van der Waals surface area (Å²) >= 11 is 0.